The molecule has 138 valence electrons. The summed E-state index contributed by atoms with van der Waals surface area (Å²) in [5.74, 6) is 2.13. The van der Waals surface area contributed by atoms with Crippen molar-refractivity contribution in [1.82, 2.24) is 39.3 Å². The Kier molecular flexibility index (Phi) is 6.14. The highest BCUT2D eigenvalue weighted by molar-refractivity contribution is 4.88. The zero-order chi connectivity index (χ0) is 17.6. The quantitative estimate of drug-likeness (QED) is 0.755. The van der Waals surface area contributed by atoms with Gasteiger partial charge in [-0.2, -0.15) is 10.2 Å². The van der Waals surface area contributed by atoms with Gasteiger partial charge in [0.1, 0.15) is 24.3 Å². The van der Waals surface area contributed by atoms with Crippen molar-refractivity contribution in [1.29, 1.82) is 0 Å². The average molecular weight is 346 g/mol. The third kappa shape index (κ3) is 4.43. The van der Waals surface area contributed by atoms with Crippen molar-refractivity contribution in [3.05, 3.63) is 24.3 Å². The fourth-order valence-corrected chi connectivity index (χ4v) is 3.64. The van der Waals surface area contributed by atoms with Crippen molar-refractivity contribution in [2.75, 3.05) is 20.1 Å². The predicted octanol–water partition coefficient (Wildman–Crippen LogP) is 1.40. The SMILES string of the molecule is CCn1ncnc1CN1CCC[C@@H](N(C)Cc2ncnn2CC)CC1. The molecule has 0 saturated carbocycles. The van der Waals surface area contributed by atoms with E-state index >= 15 is 0 Å². The molecule has 1 aliphatic heterocycles. The molecule has 3 rings (SSSR count). The fraction of sp³-hybridized carbons (Fsp3) is 0.765. The van der Waals surface area contributed by atoms with Crippen LogP contribution in [0.3, 0.4) is 0 Å². The largest absolute Gasteiger partial charge is 0.296 e. The molecule has 3 heterocycles. The summed E-state index contributed by atoms with van der Waals surface area (Å²) < 4.78 is 3.98. The van der Waals surface area contributed by atoms with Gasteiger partial charge in [0.2, 0.25) is 0 Å². The van der Waals surface area contributed by atoms with E-state index < -0.39 is 0 Å². The van der Waals surface area contributed by atoms with Crippen LogP contribution >= 0.6 is 0 Å². The van der Waals surface area contributed by atoms with Gasteiger partial charge in [-0.15, -0.1) is 0 Å². The topological polar surface area (TPSA) is 67.9 Å². The van der Waals surface area contributed by atoms with Gasteiger partial charge in [0, 0.05) is 25.7 Å². The van der Waals surface area contributed by atoms with Gasteiger partial charge >= 0.3 is 0 Å². The lowest BCUT2D eigenvalue weighted by molar-refractivity contribution is 0.198. The molecule has 1 atom stereocenters. The van der Waals surface area contributed by atoms with E-state index in [1.807, 2.05) is 9.36 Å². The van der Waals surface area contributed by atoms with Crippen LogP contribution in [0.25, 0.3) is 0 Å². The Bertz CT molecular complexity index is 649. The number of aryl methyl sites for hydroxylation is 2. The van der Waals surface area contributed by atoms with E-state index in [0.29, 0.717) is 6.04 Å². The van der Waals surface area contributed by atoms with Gasteiger partial charge < -0.3 is 0 Å². The maximum atomic E-state index is 4.42. The normalized spacial score (nSPS) is 19.4. The second-order valence-electron chi connectivity index (χ2n) is 6.76. The van der Waals surface area contributed by atoms with Crippen LogP contribution in [0.1, 0.15) is 44.8 Å². The van der Waals surface area contributed by atoms with E-state index in [-0.39, 0.29) is 0 Å². The number of hydrogen-bond acceptors (Lipinski definition) is 6. The standard InChI is InChI=1S/C17H30N8/c1-4-24-16(18-13-20-24)11-22(3)15-7-6-9-23(10-8-15)12-17-19-14-21-25(17)5-2/h13-15H,4-12H2,1-3H3/t15-/m1/s1. The van der Waals surface area contributed by atoms with Crippen LogP contribution < -0.4 is 0 Å². The highest BCUT2D eigenvalue weighted by atomic mass is 15.4. The minimum atomic E-state index is 0.594. The summed E-state index contributed by atoms with van der Waals surface area (Å²) in [5, 5.41) is 8.56. The van der Waals surface area contributed by atoms with Gasteiger partial charge in [-0.1, -0.05) is 0 Å². The Balaban J connectivity index is 1.54. The van der Waals surface area contributed by atoms with Crippen molar-refractivity contribution in [3.8, 4) is 0 Å². The molecule has 2 aromatic heterocycles. The summed E-state index contributed by atoms with van der Waals surface area (Å²) >= 11 is 0. The number of rotatable bonds is 7. The molecule has 1 fully saturated rings. The van der Waals surface area contributed by atoms with Crippen LogP contribution in [-0.2, 0) is 26.2 Å². The molecule has 0 amide bonds. The molecular weight excluding hydrogens is 316 g/mol. The first-order chi connectivity index (χ1) is 12.2. The van der Waals surface area contributed by atoms with E-state index in [2.05, 4.69) is 50.9 Å². The molecule has 0 N–H and O–H groups in total. The van der Waals surface area contributed by atoms with Gasteiger partial charge in [0.05, 0.1) is 13.1 Å². The Morgan fingerprint density at radius 2 is 1.68 bits per heavy atom. The molecule has 1 saturated heterocycles. The van der Waals surface area contributed by atoms with Crippen LogP contribution in [0.15, 0.2) is 12.7 Å². The van der Waals surface area contributed by atoms with Gasteiger partial charge in [0.15, 0.2) is 0 Å². The second kappa shape index (κ2) is 8.53. The van der Waals surface area contributed by atoms with Gasteiger partial charge in [-0.25, -0.2) is 19.3 Å². The van der Waals surface area contributed by atoms with E-state index in [4.69, 9.17) is 0 Å². The van der Waals surface area contributed by atoms with E-state index in [9.17, 15) is 0 Å². The lowest BCUT2D eigenvalue weighted by Crippen LogP contribution is -2.33. The van der Waals surface area contributed by atoms with E-state index in [0.717, 1.165) is 50.9 Å². The zero-order valence-electron chi connectivity index (χ0n) is 15.7. The number of aromatic nitrogens is 6. The highest BCUT2D eigenvalue weighted by Crippen LogP contribution is 2.18. The Hall–Kier alpha value is -1.80. The summed E-state index contributed by atoms with van der Waals surface area (Å²) in [6, 6.07) is 0.594. The smallest absolute Gasteiger partial charge is 0.140 e. The Morgan fingerprint density at radius 1 is 1.00 bits per heavy atom. The van der Waals surface area contributed by atoms with Crippen LogP contribution in [0.2, 0.25) is 0 Å². The number of nitrogens with zero attached hydrogens (tertiary/aromatic N) is 8. The molecule has 0 aliphatic carbocycles. The molecule has 2 aromatic rings. The second-order valence-corrected chi connectivity index (χ2v) is 6.76. The molecule has 8 heteroatoms. The molecule has 0 unspecified atom stereocenters. The molecule has 0 bridgehead atoms. The third-order valence-corrected chi connectivity index (χ3v) is 5.16. The lowest BCUT2D eigenvalue weighted by atomic mass is 10.1. The zero-order valence-corrected chi connectivity index (χ0v) is 15.7. The van der Waals surface area contributed by atoms with Gasteiger partial charge in [0.25, 0.3) is 0 Å². The third-order valence-electron chi connectivity index (χ3n) is 5.16. The first kappa shape index (κ1) is 18.0. The van der Waals surface area contributed by atoms with Gasteiger partial charge in [-0.3, -0.25) is 9.80 Å². The Morgan fingerprint density at radius 3 is 2.40 bits per heavy atom. The van der Waals surface area contributed by atoms with Crippen LogP contribution in [0.4, 0.5) is 0 Å². The minimum absolute atomic E-state index is 0.594. The monoisotopic (exact) mass is 346 g/mol. The summed E-state index contributed by atoms with van der Waals surface area (Å²) in [7, 11) is 2.21. The van der Waals surface area contributed by atoms with Crippen molar-refractivity contribution in [2.45, 2.75) is 65.3 Å². The molecular formula is C17H30N8. The van der Waals surface area contributed by atoms with Crippen molar-refractivity contribution in [3.63, 3.8) is 0 Å². The van der Waals surface area contributed by atoms with E-state index in [1.54, 1.807) is 12.7 Å². The van der Waals surface area contributed by atoms with Crippen molar-refractivity contribution >= 4 is 0 Å². The first-order valence-electron chi connectivity index (χ1n) is 9.37. The van der Waals surface area contributed by atoms with Crippen LogP contribution in [-0.4, -0.2) is 65.5 Å². The molecule has 1 aliphatic rings. The number of likely N-dealkylation sites (tertiary alicyclic amines) is 1. The van der Waals surface area contributed by atoms with Crippen LogP contribution in [0, 0.1) is 0 Å². The first-order valence-corrected chi connectivity index (χ1v) is 9.37. The van der Waals surface area contributed by atoms with Crippen LogP contribution in [0.5, 0.6) is 0 Å². The summed E-state index contributed by atoms with van der Waals surface area (Å²) in [6.45, 7) is 9.97. The Labute approximate surface area is 149 Å². The molecule has 0 radical (unpaired) electrons. The number of hydrogen-bond donors (Lipinski definition) is 0. The fourth-order valence-electron chi connectivity index (χ4n) is 3.64. The molecule has 25 heavy (non-hydrogen) atoms. The summed E-state index contributed by atoms with van der Waals surface area (Å²) in [4.78, 5) is 13.8. The maximum absolute atomic E-state index is 4.42. The summed E-state index contributed by atoms with van der Waals surface area (Å²) in [5.41, 5.74) is 0. The maximum Gasteiger partial charge on any atom is 0.140 e. The van der Waals surface area contributed by atoms with Gasteiger partial charge in [-0.05, 0) is 46.7 Å². The molecule has 0 spiro atoms. The highest BCUT2D eigenvalue weighted by Gasteiger charge is 2.22. The minimum Gasteiger partial charge on any atom is -0.296 e. The predicted molar refractivity (Wildman–Crippen MR) is 95.8 cm³/mol. The van der Waals surface area contributed by atoms with E-state index in [1.165, 1.54) is 19.3 Å². The lowest BCUT2D eigenvalue weighted by Gasteiger charge is -2.27. The van der Waals surface area contributed by atoms with Crippen molar-refractivity contribution in [2.24, 2.45) is 0 Å². The average Bonchev–Trinajstić information content (AvgIpc) is 3.19. The molecule has 0 aromatic carbocycles. The van der Waals surface area contributed by atoms with Crippen molar-refractivity contribution < 1.29 is 0 Å². The summed E-state index contributed by atoms with van der Waals surface area (Å²) in [6.07, 6.45) is 6.95. The molecule has 8 nitrogen and oxygen atoms in total.